The molecule has 1 fully saturated rings. The van der Waals surface area contributed by atoms with Crippen LogP contribution in [0, 0.1) is 0 Å². The number of carbonyl (C=O) groups excluding carboxylic acids is 2. The van der Waals surface area contributed by atoms with Crippen molar-refractivity contribution >= 4 is 44.8 Å². The van der Waals surface area contributed by atoms with Crippen LogP contribution in [-0.4, -0.2) is 45.3 Å². The van der Waals surface area contributed by atoms with Gasteiger partial charge in [0.25, 0.3) is 21.8 Å². The number of sulfonamides is 1. The predicted octanol–water partition coefficient (Wildman–Crippen LogP) is 4.65. The third-order valence-corrected chi connectivity index (χ3v) is 7.74. The van der Waals surface area contributed by atoms with Crippen LogP contribution in [0.3, 0.4) is 0 Å². The van der Waals surface area contributed by atoms with Gasteiger partial charge in [0.15, 0.2) is 0 Å². The molecule has 0 radical (unpaired) electrons. The highest BCUT2D eigenvalue weighted by Crippen LogP contribution is 2.26. The summed E-state index contributed by atoms with van der Waals surface area (Å²) in [4.78, 5) is 27.7. The fraction of sp³-hybridized carbons (Fsp3) is 0.200. The van der Waals surface area contributed by atoms with Crippen molar-refractivity contribution in [2.24, 2.45) is 0 Å². The van der Waals surface area contributed by atoms with Crippen molar-refractivity contribution in [3.05, 3.63) is 88.9 Å². The van der Waals surface area contributed by atoms with E-state index in [1.165, 1.54) is 37.4 Å². The Labute approximate surface area is 204 Å². The molecule has 34 heavy (non-hydrogen) atoms. The van der Waals surface area contributed by atoms with E-state index in [-0.39, 0.29) is 22.1 Å². The van der Waals surface area contributed by atoms with Crippen LogP contribution in [0.2, 0.25) is 5.02 Å². The van der Waals surface area contributed by atoms with Crippen molar-refractivity contribution in [1.29, 1.82) is 0 Å². The Bertz CT molecular complexity index is 1320. The quantitative estimate of drug-likeness (QED) is 0.537. The van der Waals surface area contributed by atoms with Gasteiger partial charge in [0.05, 0.1) is 21.8 Å². The number of hydrogen-bond acceptors (Lipinski definition) is 4. The third-order valence-electron chi connectivity index (χ3n) is 5.73. The van der Waals surface area contributed by atoms with Crippen molar-refractivity contribution in [2.45, 2.75) is 17.7 Å². The van der Waals surface area contributed by atoms with Crippen LogP contribution in [-0.2, 0) is 10.0 Å². The van der Waals surface area contributed by atoms with Gasteiger partial charge in [0, 0.05) is 30.7 Å². The number of likely N-dealkylation sites (tertiary alicyclic amines) is 1. The normalized spacial score (nSPS) is 13.5. The highest BCUT2D eigenvalue weighted by molar-refractivity contribution is 7.92. The van der Waals surface area contributed by atoms with E-state index in [2.05, 4.69) is 5.32 Å². The van der Waals surface area contributed by atoms with Gasteiger partial charge >= 0.3 is 0 Å². The van der Waals surface area contributed by atoms with Gasteiger partial charge in [-0.15, -0.1) is 0 Å². The van der Waals surface area contributed by atoms with E-state index in [4.69, 9.17) is 11.6 Å². The standard InChI is InChI=1S/C25H24ClN3O4S/c1-28(20-9-3-2-4-10-20)34(32,33)21-11-7-8-18(16-21)24(30)27-23-17-19(26)12-13-22(23)25(31)29-14-5-6-15-29/h2-4,7-13,16-17H,5-6,14-15H2,1H3,(H,27,30). The number of amides is 2. The molecule has 0 unspecified atom stereocenters. The molecule has 176 valence electrons. The number of nitrogens with zero attached hydrogens (tertiary/aromatic N) is 2. The molecule has 0 aromatic heterocycles. The molecule has 3 aromatic carbocycles. The summed E-state index contributed by atoms with van der Waals surface area (Å²) in [5.74, 6) is -0.720. The van der Waals surface area contributed by atoms with E-state index in [1.807, 2.05) is 0 Å². The van der Waals surface area contributed by atoms with Crippen LogP contribution < -0.4 is 9.62 Å². The van der Waals surface area contributed by atoms with Crippen molar-refractivity contribution < 1.29 is 18.0 Å². The number of benzene rings is 3. The lowest BCUT2D eigenvalue weighted by atomic mass is 10.1. The molecular formula is C25H24ClN3O4S. The molecule has 1 heterocycles. The molecule has 1 N–H and O–H groups in total. The Morgan fingerprint density at radius 3 is 2.35 bits per heavy atom. The third kappa shape index (κ3) is 4.93. The number of hydrogen-bond donors (Lipinski definition) is 1. The smallest absolute Gasteiger partial charge is 0.264 e. The van der Waals surface area contributed by atoms with Crippen molar-refractivity contribution in [3.8, 4) is 0 Å². The molecule has 1 aliphatic heterocycles. The molecule has 0 bridgehead atoms. The van der Waals surface area contributed by atoms with Crippen LogP contribution in [0.15, 0.2) is 77.7 Å². The molecule has 0 saturated carbocycles. The van der Waals surface area contributed by atoms with Gasteiger partial charge in [-0.05, 0) is 61.4 Å². The van der Waals surface area contributed by atoms with E-state index in [9.17, 15) is 18.0 Å². The minimum atomic E-state index is -3.89. The fourth-order valence-corrected chi connectivity index (χ4v) is 5.24. The van der Waals surface area contributed by atoms with E-state index >= 15 is 0 Å². The minimum absolute atomic E-state index is 0.0223. The Kier molecular flexibility index (Phi) is 6.90. The maximum atomic E-state index is 13.1. The SMILES string of the molecule is CN(c1ccccc1)S(=O)(=O)c1cccc(C(=O)Nc2cc(Cl)ccc2C(=O)N2CCCC2)c1. The van der Waals surface area contributed by atoms with E-state index in [1.54, 1.807) is 47.4 Å². The summed E-state index contributed by atoms with van der Waals surface area (Å²) in [7, 11) is -2.43. The Hall–Kier alpha value is -3.36. The van der Waals surface area contributed by atoms with Gasteiger partial charge < -0.3 is 10.2 Å². The molecule has 4 rings (SSSR count). The zero-order chi connectivity index (χ0) is 24.3. The maximum absolute atomic E-state index is 13.1. The van der Waals surface area contributed by atoms with Gasteiger partial charge in [0.2, 0.25) is 0 Å². The minimum Gasteiger partial charge on any atom is -0.339 e. The van der Waals surface area contributed by atoms with Crippen LogP contribution in [0.1, 0.15) is 33.6 Å². The monoisotopic (exact) mass is 497 g/mol. The number of para-hydroxylation sites is 1. The summed E-state index contributed by atoms with van der Waals surface area (Å²) < 4.78 is 27.4. The van der Waals surface area contributed by atoms with Gasteiger partial charge in [-0.25, -0.2) is 8.42 Å². The average molecular weight is 498 g/mol. The highest BCUT2D eigenvalue weighted by Gasteiger charge is 2.25. The van der Waals surface area contributed by atoms with Crippen LogP contribution in [0.5, 0.6) is 0 Å². The molecule has 1 saturated heterocycles. The lowest BCUT2D eigenvalue weighted by Gasteiger charge is -2.20. The van der Waals surface area contributed by atoms with Crippen molar-refractivity contribution in [2.75, 3.05) is 29.8 Å². The van der Waals surface area contributed by atoms with Crippen molar-refractivity contribution in [3.63, 3.8) is 0 Å². The van der Waals surface area contributed by atoms with Gasteiger partial charge in [-0.1, -0.05) is 35.9 Å². The molecule has 0 spiro atoms. The molecule has 0 atom stereocenters. The zero-order valence-corrected chi connectivity index (χ0v) is 20.1. The topological polar surface area (TPSA) is 86.8 Å². The van der Waals surface area contributed by atoms with Crippen molar-refractivity contribution in [1.82, 2.24) is 4.90 Å². The molecule has 2 amide bonds. The molecular weight excluding hydrogens is 474 g/mol. The number of halogens is 1. The van der Waals surface area contributed by atoms with Gasteiger partial charge in [0.1, 0.15) is 0 Å². The fourth-order valence-electron chi connectivity index (χ4n) is 3.82. The van der Waals surface area contributed by atoms with Crippen LogP contribution >= 0.6 is 11.6 Å². The van der Waals surface area contributed by atoms with Crippen LogP contribution in [0.4, 0.5) is 11.4 Å². The summed E-state index contributed by atoms with van der Waals surface area (Å²) in [6.45, 7) is 1.34. The first-order valence-corrected chi connectivity index (χ1v) is 12.6. The van der Waals surface area contributed by atoms with E-state index < -0.39 is 15.9 Å². The first-order valence-electron chi connectivity index (χ1n) is 10.8. The summed E-state index contributed by atoms with van der Waals surface area (Å²) >= 11 is 6.13. The predicted molar refractivity (Wildman–Crippen MR) is 133 cm³/mol. The molecule has 0 aliphatic carbocycles. The Balaban J connectivity index is 1.60. The summed E-state index contributed by atoms with van der Waals surface area (Å²) in [5, 5.41) is 3.10. The summed E-state index contributed by atoms with van der Waals surface area (Å²) in [5.41, 5.74) is 1.26. The largest absolute Gasteiger partial charge is 0.339 e. The molecule has 9 heteroatoms. The Morgan fingerprint density at radius 1 is 0.941 bits per heavy atom. The number of carbonyl (C=O) groups is 2. The highest BCUT2D eigenvalue weighted by atomic mass is 35.5. The Morgan fingerprint density at radius 2 is 1.65 bits per heavy atom. The number of rotatable bonds is 6. The van der Waals surface area contributed by atoms with Gasteiger partial charge in [-0.2, -0.15) is 0 Å². The molecule has 7 nitrogen and oxygen atoms in total. The lowest BCUT2D eigenvalue weighted by Crippen LogP contribution is -2.29. The second-order valence-electron chi connectivity index (χ2n) is 7.98. The number of nitrogens with one attached hydrogen (secondary N) is 1. The first-order chi connectivity index (χ1) is 16.3. The summed E-state index contributed by atoms with van der Waals surface area (Å²) in [6, 6.07) is 19.2. The summed E-state index contributed by atoms with van der Waals surface area (Å²) in [6.07, 6.45) is 1.89. The van der Waals surface area contributed by atoms with Crippen LogP contribution in [0.25, 0.3) is 0 Å². The van der Waals surface area contributed by atoms with E-state index in [0.29, 0.717) is 29.4 Å². The second kappa shape index (κ2) is 9.87. The number of anilines is 2. The molecule has 3 aromatic rings. The molecule has 1 aliphatic rings. The maximum Gasteiger partial charge on any atom is 0.264 e. The van der Waals surface area contributed by atoms with E-state index in [0.717, 1.165) is 17.1 Å². The lowest BCUT2D eigenvalue weighted by molar-refractivity contribution is 0.0794. The average Bonchev–Trinajstić information content (AvgIpc) is 3.39. The second-order valence-corrected chi connectivity index (χ2v) is 10.4. The zero-order valence-electron chi connectivity index (χ0n) is 18.6. The van der Waals surface area contributed by atoms with Gasteiger partial charge in [-0.3, -0.25) is 13.9 Å². The first kappa shape index (κ1) is 23.8.